The second-order valence-corrected chi connectivity index (χ2v) is 25.1. The minimum absolute atomic E-state index is 0.0185. The first-order valence-electron chi connectivity index (χ1n) is 29.8. The van der Waals surface area contributed by atoms with Gasteiger partial charge in [0, 0.05) is 49.3 Å². The monoisotopic (exact) mass is 1190 g/mol. The van der Waals surface area contributed by atoms with Gasteiger partial charge in [-0.2, -0.15) is 0 Å². The van der Waals surface area contributed by atoms with E-state index in [9.17, 15) is 53.4 Å². The molecule has 13 atom stereocenters. The molecule has 1 aliphatic rings. The van der Waals surface area contributed by atoms with E-state index in [1.54, 1.807) is 60.6 Å². The largest absolute Gasteiger partial charge is 0.391 e. The van der Waals surface area contributed by atoms with Crippen LogP contribution < -0.4 is 21.3 Å². The molecule has 1 fully saturated rings. The smallest absolute Gasteiger partial charge is 0.246 e. The molecule has 0 saturated carbocycles. The van der Waals surface area contributed by atoms with E-state index in [0.29, 0.717) is 6.42 Å². The summed E-state index contributed by atoms with van der Waals surface area (Å²) in [5.41, 5.74) is 0. The highest BCUT2D eigenvalue weighted by Crippen LogP contribution is 2.25. The number of hydrogen-bond acceptors (Lipinski definition) is 13. The SMILES string of the molecule is C/C=C/C[C@@H](C)[C@@H](O)[C@H]1C(=O)N[C@@H](CC)C(=O)N(C)CC(=O)N(C)C([C@@H](C)O)C(=O)N[C@@H](C(C)C)C(=O)N(C)[C@@H](CC(C)C)C(=O)N[C@@H](C)C(=O)N[C@H](C)C(=O)N(C)[C@@H](CC(C)C)C(=O)N(C)[C@H](CC(C)C)C(=O)N(C)[C@@H](C(C)C)C(=O)N1C. The number of nitrogens with zero attached hydrogens (tertiary/aromatic N) is 7. The summed E-state index contributed by atoms with van der Waals surface area (Å²) in [5, 5.41) is 33.8. The summed E-state index contributed by atoms with van der Waals surface area (Å²) in [6, 6.07) is -13.1. The van der Waals surface area contributed by atoms with Gasteiger partial charge in [0.25, 0.3) is 0 Å². The number of aliphatic hydroxyl groups excluding tert-OH is 2. The molecular weight excluding hydrogens is 1080 g/mol. The highest BCUT2D eigenvalue weighted by molar-refractivity contribution is 5.99. The van der Waals surface area contributed by atoms with Gasteiger partial charge in [-0.25, -0.2) is 0 Å². The zero-order valence-corrected chi connectivity index (χ0v) is 54.8. The van der Waals surface area contributed by atoms with E-state index in [2.05, 4.69) is 21.3 Å². The molecule has 0 aliphatic carbocycles. The van der Waals surface area contributed by atoms with Crippen molar-refractivity contribution < 1.29 is 63.0 Å². The Morgan fingerprint density at radius 1 is 0.476 bits per heavy atom. The fraction of sp³-hybridized carbons (Fsp3) is 0.783. The topological polar surface area (TPSA) is 299 Å². The van der Waals surface area contributed by atoms with Crippen molar-refractivity contribution in [2.45, 2.75) is 216 Å². The molecule has 11 amide bonds. The van der Waals surface area contributed by atoms with Crippen molar-refractivity contribution in [3.05, 3.63) is 12.2 Å². The average Bonchev–Trinajstić information content (AvgIpc) is 3.42. The quantitative estimate of drug-likeness (QED) is 0.135. The molecule has 6 N–H and O–H groups in total. The number of carbonyl (C=O) groups excluding carboxylic acids is 11. The lowest BCUT2D eigenvalue weighted by Crippen LogP contribution is -2.63. The Labute approximate surface area is 500 Å². The van der Waals surface area contributed by atoms with Gasteiger partial charge in [-0.1, -0.05) is 95.2 Å². The normalized spacial score (nSPS) is 27.4. The minimum atomic E-state index is -1.64. The van der Waals surface area contributed by atoms with Crippen LogP contribution in [0.5, 0.6) is 0 Å². The van der Waals surface area contributed by atoms with Crippen LogP contribution in [0, 0.1) is 35.5 Å². The van der Waals surface area contributed by atoms with E-state index in [1.807, 2.05) is 41.5 Å². The lowest BCUT2D eigenvalue weighted by Gasteiger charge is -2.41. The van der Waals surface area contributed by atoms with E-state index in [-0.39, 0.29) is 43.4 Å². The predicted octanol–water partition coefficient (Wildman–Crippen LogP) is 1.60. The van der Waals surface area contributed by atoms with E-state index in [4.69, 9.17) is 0 Å². The zero-order chi connectivity index (χ0) is 65.3. The Morgan fingerprint density at radius 3 is 1.37 bits per heavy atom. The van der Waals surface area contributed by atoms with Crippen LogP contribution in [0.2, 0.25) is 0 Å². The first-order chi connectivity index (χ1) is 38.7. The highest BCUT2D eigenvalue weighted by Gasteiger charge is 2.46. The number of rotatable bonds is 14. The van der Waals surface area contributed by atoms with Gasteiger partial charge in [0.05, 0.1) is 18.8 Å². The third-order valence-electron chi connectivity index (χ3n) is 15.8. The van der Waals surface area contributed by atoms with Crippen LogP contribution >= 0.6 is 0 Å². The number of allylic oxidation sites excluding steroid dienone is 2. The number of aliphatic hydroxyl groups is 2. The Balaban J connectivity index is 4.30. The molecule has 1 rings (SSSR count). The third-order valence-corrected chi connectivity index (χ3v) is 15.8. The van der Waals surface area contributed by atoms with Crippen LogP contribution in [0.25, 0.3) is 0 Å². The fourth-order valence-electron chi connectivity index (χ4n) is 10.5. The summed E-state index contributed by atoms with van der Waals surface area (Å²) >= 11 is 0. The molecule has 0 radical (unpaired) electrons. The summed E-state index contributed by atoms with van der Waals surface area (Å²) in [5.74, 6) is -10.5. The van der Waals surface area contributed by atoms with Gasteiger partial charge in [0.1, 0.15) is 60.4 Å². The van der Waals surface area contributed by atoms with Gasteiger partial charge in [0.2, 0.25) is 65.0 Å². The maximum absolute atomic E-state index is 15.1. The van der Waals surface area contributed by atoms with Crippen LogP contribution in [-0.4, -0.2) is 238 Å². The Bertz CT molecular complexity index is 2310. The average molecular weight is 1190 g/mol. The maximum atomic E-state index is 15.1. The van der Waals surface area contributed by atoms with Crippen molar-refractivity contribution in [1.82, 2.24) is 55.6 Å². The predicted molar refractivity (Wildman–Crippen MR) is 321 cm³/mol. The van der Waals surface area contributed by atoms with Gasteiger partial charge in [-0.05, 0) is 95.3 Å². The number of amides is 11. The third kappa shape index (κ3) is 20.5. The van der Waals surface area contributed by atoms with Crippen molar-refractivity contribution in [2.75, 3.05) is 55.9 Å². The zero-order valence-electron chi connectivity index (χ0n) is 54.8. The van der Waals surface area contributed by atoms with Gasteiger partial charge in [-0.3, -0.25) is 52.7 Å². The van der Waals surface area contributed by atoms with Gasteiger partial charge < -0.3 is 65.8 Å². The molecule has 1 aliphatic heterocycles. The number of nitrogens with one attached hydrogen (secondary N) is 4. The number of carbonyl (C=O) groups is 11. The highest BCUT2D eigenvalue weighted by atomic mass is 16.3. The molecule has 84 heavy (non-hydrogen) atoms. The second-order valence-electron chi connectivity index (χ2n) is 25.1. The fourth-order valence-corrected chi connectivity index (χ4v) is 10.5. The molecule has 1 saturated heterocycles. The van der Waals surface area contributed by atoms with Gasteiger partial charge in [-0.15, -0.1) is 0 Å². The Kier molecular flexibility index (Phi) is 30.8. The van der Waals surface area contributed by atoms with Crippen molar-refractivity contribution in [1.29, 1.82) is 0 Å². The van der Waals surface area contributed by atoms with E-state index >= 15 is 9.59 Å². The summed E-state index contributed by atoms with van der Waals surface area (Å²) in [6.45, 7) is 26.4. The molecule has 1 unspecified atom stereocenters. The molecule has 24 nitrogen and oxygen atoms in total. The number of likely N-dealkylation sites (N-methyl/N-ethyl adjacent to an activating group) is 7. The van der Waals surface area contributed by atoms with Crippen LogP contribution in [0.3, 0.4) is 0 Å². The molecule has 0 aromatic heterocycles. The van der Waals surface area contributed by atoms with Crippen molar-refractivity contribution in [3.63, 3.8) is 0 Å². The first kappa shape index (κ1) is 75.8. The molecule has 480 valence electrons. The van der Waals surface area contributed by atoms with Crippen LogP contribution in [0.1, 0.15) is 143 Å². The molecule has 0 bridgehead atoms. The van der Waals surface area contributed by atoms with Crippen molar-refractivity contribution >= 4 is 65.0 Å². The second kappa shape index (κ2) is 34.1. The first-order valence-corrected chi connectivity index (χ1v) is 29.8. The summed E-state index contributed by atoms with van der Waals surface area (Å²) in [7, 11) is 9.55. The van der Waals surface area contributed by atoms with Crippen molar-refractivity contribution in [2.24, 2.45) is 35.5 Å². The molecule has 0 aromatic rings. The molecule has 0 aromatic carbocycles. The van der Waals surface area contributed by atoms with Gasteiger partial charge in [0.15, 0.2) is 0 Å². The van der Waals surface area contributed by atoms with Gasteiger partial charge >= 0.3 is 0 Å². The standard InChI is InChI=1S/C60H107N11O13/c1-24-26-27-37(13)50(74)49-54(78)63-41(25-2)56(80)65(17)31-45(73)69(21)48(40(16)72)53(77)64-46(35(9)10)59(83)66(18)42(28-32(3)4)52(76)61-38(14)51(75)62-39(15)55(79)67(19)43(29-33(5)6)57(81)68(20)44(30-34(7)8)58(82)70(22)47(36(11)12)60(84)71(49)23/h24,26,32-44,46-50,72,74H,25,27-31H2,1-23H3,(H,61,76)(H,62,75)(H,63,78)(H,64,77)/b26-24+/t37-,38+,39-,40-,41+,42+,43+,44-,46+,47+,48?,49+,50-/m1/s1. The van der Waals surface area contributed by atoms with Crippen LogP contribution in [0.4, 0.5) is 0 Å². The number of hydrogen-bond donors (Lipinski definition) is 6. The van der Waals surface area contributed by atoms with E-state index < -0.39 is 162 Å². The minimum Gasteiger partial charge on any atom is -0.391 e. The summed E-state index contributed by atoms with van der Waals surface area (Å²) in [4.78, 5) is 167. The van der Waals surface area contributed by atoms with E-state index in [0.717, 1.165) is 14.7 Å². The Hall–Kier alpha value is -6.17. The summed E-state index contributed by atoms with van der Waals surface area (Å²) < 4.78 is 0. The molecule has 24 heteroatoms. The lowest BCUT2D eigenvalue weighted by molar-refractivity contribution is -0.157. The summed E-state index contributed by atoms with van der Waals surface area (Å²) in [6.07, 6.45) is 1.19. The lowest BCUT2D eigenvalue weighted by atomic mass is 9.91. The maximum Gasteiger partial charge on any atom is 0.246 e. The van der Waals surface area contributed by atoms with Crippen molar-refractivity contribution in [3.8, 4) is 0 Å². The molecule has 0 spiro atoms. The van der Waals surface area contributed by atoms with E-state index in [1.165, 1.54) is 89.7 Å². The van der Waals surface area contributed by atoms with Crippen LogP contribution in [0.15, 0.2) is 12.2 Å². The molecular formula is C60H107N11O13. The molecule has 1 heterocycles. The van der Waals surface area contributed by atoms with Crippen LogP contribution in [-0.2, 0) is 52.7 Å². The Morgan fingerprint density at radius 2 is 0.917 bits per heavy atom.